The number of hydrogen-bond acceptors (Lipinski definition) is 5. The van der Waals surface area contributed by atoms with E-state index in [9.17, 15) is 4.79 Å². The number of urea groups is 1. The molecule has 1 aromatic heterocycles. The molecule has 0 radical (unpaired) electrons. The van der Waals surface area contributed by atoms with Crippen molar-refractivity contribution in [2.45, 2.75) is 58.0 Å². The summed E-state index contributed by atoms with van der Waals surface area (Å²) < 4.78 is 7.64. The van der Waals surface area contributed by atoms with Gasteiger partial charge in [-0.15, -0.1) is 5.10 Å². The van der Waals surface area contributed by atoms with Gasteiger partial charge in [0.15, 0.2) is 0 Å². The van der Waals surface area contributed by atoms with E-state index in [2.05, 4.69) is 20.9 Å². The highest BCUT2D eigenvalue weighted by Gasteiger charge is 2.32. The third kappa shape index (κ3) is 3.64. The Morgan fingerprint density at radius 2 is 2.30 bits per heavy atom. The molecule has 2 aliphatic heterocycles. The summed E-state index contributed by atoms with van der Waals surface area (Å²) in [6.07, 6.45) is 3.09. The molecule has 2 saturated heterocycles. The highest BCUT2D eigenvalue weighted by Crippen LogP contribution is 2.18. The summed E-state index contributed by atoms with van der Waals surface area (Å²) in [5.41, 5.74) is 0.784. The number of amides is 2. The van der Waals surface area contributed by atoms with E-state index < -0.39 is 0 Å². The molecule has 0 saturated carbocycles. The van der Waals surface area contributed by atoms with Crippen LogP contribution >= 0.6 is 0 Å². The van der Waals surface area contributed by atoms with Gasteiger partial charge in [-0.2, -0.15) is 0 Å². The molecule has 128 valence electrons. The van der Waals surface area contributed by atoms with Crippen LogP contribution < -0.4 is 10.6 Å². The molecule has 2 amide bonds. The number of morpholine rings is 1. The molecular weight excluding hydrogens is 296 g/mol. The third-order valence-electron chi connectivity index (χ3n) is 4.72. The highest BCUT2D eigenvalue weighted by molar-refractivity contribution is 5.74. The lowest BCUT2D eigenvalue weighted by atomic mass is 10.1. The lowest BCUT2D eigenvalue weighted by Crippen LogP contribution is -2.56. The summed E-state index contributed by atoms with van der Waals surface area (Å²) in [6, 6.07) is 0.357. The summed E-state index contributed by atoms with van der Waals surface area (Å²) in [6.45, 7) is 8.95. The number of rotatable bonds is 3. The topological polar surface area (TPSA) is 84.3 Å². The van der Waals surface area contributed by atoms with Gasteiger partial charge in [-0.25, -0.2) is 9.48 Å². The molecule has 8 nitrogen and oxygen atoms in total. The van der Waals surface area contributed by atoms with E-state index in [0.29, 0.717) is 19.1 Å². The fraction of sp³-hybridized carbons (Fsp3) is 0.800. The normalized spacial score (nSPS) is 31.3. The van der Waals surface area contributed by atoms with E-state index in [1.807, 2.05) is 36.5 Å². The molecule has 2 fully saturated rings. The van der Waals surface area contributed by atoms with Gasteiger partial charge in [0, 0.05) is 13.1 Å². The van der Waals surface area contributed by atoms with Crippen LogP contribution in [0.3, 0.4) is 0 Å². The largest absolute Gasteiger partial charge is 0.372 e. The Morgan fingerprint density at radius 1 is 1.48 bits per heavy atom. The molecule has 3 rings (SSSR count). The smallest absolute Gasteiger partial charge is 0.318 e. The zero-order chi connectivity index (χ0) is 16.4. The Hall–Kier alpha value is -1.67. The zero-order valence-corrected chi connectivity index (χ0v) is 14.0. The molecule has 1 aromatic rings. The summed E-state index contributed by atoms with van der Waals surface area (Å²) in [4.78, 5) is 14.3. The van der Waals surface area contributed by atoms with Crippen LogP contribution in [0.5, 0.6) is 0 Å². The van der Waals surface area contributed by atoms with Gasteiger partial charge in [0.05, 0.1) is 37.0 Å². The monoisotopic (exact) mass is 322 g/mol. The maximum Gasteiger partial charge on any atom is 0.318 e. The average Bonchev–Trinajstić information content (AvgIpc) is 3.18. The number of ether oxygens (including phenoxy) is 1. The molecule has 3 heterocycles. The second kappa shape index (κ2) is 6.84. The minimum Gasteiger partial charge on any atom is -0.372 e. The van der Waals surface area contributed by atoms with Crippen LogP contribution in [0, 0.1) is 0 Å². The van der Waals surface area contributed by atoms with Gasteiger partial charge >= 0.3 is 6.03 Å². The zero-order valence-electron chi connectivity index (χ0n) is 14.0. The molecule has 4 atom stereocenters. The second-order valence-electron chi connectivity index (χ2n) is 6.54. The van der Waals surface area contributed by atoms with Crippen LogP contribution in [0.15, 0.2) is 6.20 Å². The lowest BCUT2D eigenvalue weighted by Gasteiger charge is -2.40. The van der Waals surface area contributed by atoms with Gasteiger partial charge in [0.1, 0.15) is 5.69 Å². The quantitative estimate of drug-likeness (QED) is 0.847. The number of hydrogen-bond donors (Lipinski definition) is 2. The van der Waals surface area contributed by atoms with Crippen molar-refractivity contribution in [1.29, 1.82) is 0 Å². The van der Waals surface area contributed by atoms with Crippen LogP contribution in [0.2, 0.25) is 0 Å². The molecule has 2 N–H and O–H groups in total. The minimum absolute atomic E-state index is 0.0419. The first-order valence-electron chi connectivity index (χ1n) is 8.36. The first-order chi connectivity index (χ1) is 11.0. The van der Waals surface area contributed by atoms with Crippen molar-refractivity contribution in [2.75, 3.05) is 19.6 Å². The average molecular weight is 322 g/mol. The predicted octanol–water partition coefficient (Wildman–Crippen LogP) is 0.520. The van der Waals surface area contributed by atoms with Crippen LogP contribution in [-0.2, 0) is 11.3 Å². The van der Waals surface area contributed by atoms with E-state index in [1.54, 1.807) is 0 Å². The van der Waals surface area contributed by atoms with Gasteiger partial charge in [-0.05, 0) is 33.7 Å². The van der Waals surface area contributed by atoms with Crippen LogP contribution in [0.4, 0.5) is 4.79 Å². The molecule has 8 heteroatoms. The Balaban J connectivity index is 1.54. The minimum atomic E-state index is -0.0726. The molecule has 23 heavy (non-hydrogen) atoms. The number of nitrogens with one attached hydrogen (secondary N) is 2. The SMILES string of the molecule is CC1CN(C(=O)NCc2cn(C3CCNC3)nn2)C(C)C(C)O1. The third-order valence-corrected chi connectivity index (χ3v) is 4.72. The number of aromatic nitrogens is 3. The molecule has 2 aliphatic rings. The Kier molecular flexibility index (Phi) is 4.82. The van der Waals surface area contributed by atoms with Crippen LogP contribution in [-0.4, -0.2) is 63.8 Å². The molecule has 0 spiro atoms. The maximum absolute atomic E-state index is 12.4. The highest BCUT2D eigenvalue weighted by atomic mass is 16.5. The summed E-state index contributed by atoms with van der Waals surface area (Å²) in [7, 11) is 0. The van der Waals surface area contributed by atoms with E-state index in [4.69, 9.17) is 4.74 Å². The summed E-state index contributed by atoms with van der Waals surface area (Å²) in [5, 5.41) is 14.6. The second-order valence-corrected chi connectivity index (χ2v) is 6.54. The van der Waals surface area contributed by atoms with Gasteiger partial charge in [0.2, 0.25) is 0 Å². The van der Waals surface area contributed by atoms with Crippen molar-refractivity contribution in [2.24, 2.45) is 0 Å². The van der Waals surface area contributed by atoms with E-state index in [0.717, 1.165) is 25.2 Å². The van der Waals surface area contributed by atoms with Crippen molar-refractivity contribution in [3.8, 4) is 0 Å². The van der Waals surface area contributed by atoms with E-state index >= 15 is 0 Å². The lowest BCUT2D eigenvalue weighted by molar-refractivity contribution is -0.0832. The maximum atomic E-state index is 12.4. The van der Waals surface area contributed by atoms with Gasteiger partial charge in [0.25, 0.3) is 0 Å². The Morgan fingerprint density at radius 3 is 3.04 bits per heavy atom. The van der Waals surface area contributed by atoms with Crippen LogP contribution in [0.25, 0.3) is 0 Å². The van der Waals surface area contributed by atoms with Crippen LogP contribution in [0.1, 0.15) is 38.9 Å². The van der Waals surface area contributed by atoms with Crippen molar-refractivity contribution in [1.82, 2.24) is 30.5 Å². The fourth-order valence-electron chi connectivity index (χ4n) is 3.19. The van der Waals surface area contributed by atoms with E-state index in [1.165, 1.54) is 0 Å². The van der Waals surface area contributed by atoms with Crippen molar-refractivity contribution < 1.29 is 9.53 Å². The standard InChI is InChI=1S/C15H26N6O2/c1-10-8-20(11(2)12(3)23-10)15(22)17-6-13-9-21(19-18-13)14-4-5-16-7-14/h9-12,14,16H,4-8H2,1-3H3,(H,17,22). The first kappa shape index (κ1) is 16.2. The van der Waals surface area contributed by atoms with Gasteiger partial charge < -0.3 is 20.3 Å². The van der Waals surface area contributed by atoms with Crippen molar-refractivity contribution >= 4 is 6.03 Å². The number of nitrogens with zero attached hydrogens (tertiary/aromatic N) is 4. The number of carbonyl (C=O) groups is 1. The first-order valence-corrected chi connectivity index (χ1v) is 8.36. The fourth-order valence-corrected chi connectivity index (χ4v) is 3.19. The molecule has 0 aromatic carbocycles. The summed E-state index contributed by atoms with van der Waals surface area (Å²) in [5.74, 6) is 0. The summed E-state index contributed by atoms with van der Waals surface area (Å²) >= 11 is 0. The molecule has 4 unspecified atom stereocenters. The predicted molar refractivity (Wildman–Crippen MR) is 85.0 cm³/mol. The Labute approximate surface area is 136 Å². The Bertz CT molecular complexity index is 542. The van der Waals surface area contributed by atoms with Crippen molar-refractivity contribution in [3.63, 3.8) is 0 Å². The van der Waals surface area contributed by atoms with E-state index in [-0.39, 0.29) is 24.3 Å². The molecule has 0 bridgehead atoms. The van der Waals surface area contributed by atoms with Gasteiger partial charge in [-0.3, -0.25) is 0 Å². The molecule has 0 aliphatic carbocycles. The number of carbonyl (C=O) groups excluding carboxylic acids is 1. The molecular formula is C15H26N6O2. The van der Waals surface area contributed by atoms with Crippen molar-refractivity contribution in [3.05, 3.63) is 11.9 Å². The van der Waals surface area contributed by atoms with Gasteiger partial charge in [-0.1, -0.05) is 5.21 Å².